The highest BCUT2D eigenvalue weighted by molar-refractivity contribution is 8.00. The topological polar surface area (TPSA) is 12.0 Å². The third kappa shape index (κ3) is 4.45. The van der Waals surface area contributed by atoms with E-state index in [4.69, 9.17) is 11.6 Å². The number of thioether (sulfide) groups is 1. The van der Waals surface area contributed by atoms with Gasteiger partial charge in [-0.1, -0.05) is 32.4 Å². The van der Waals surface area contributed by atoms with Gasteiger partial charge in [0.1, 0.15) is 0 Å². The van der Waals surface area contributed by atoms with Crippen LogP contribution in [0.15, 0.2) is 23.1 Å². The van der Waals surface area contributed by atoms with E-state index in [9.17, 15) is 0 Å². The zero-order valence-corrected chi connectivity index (χ0v) is 11.1. The molecule has 0 fully saturated rings. The average Bonchev–Trinajstić information content (AvgIpc) is 2.18. The van der Waals surface area contributed by atoms with Crippen LogP contribution in [-0.2, 0) is 6.54 Å². The van der Waals surface area contributed by atoms with Gasteiger partial charge in [0.25, 0.3) is 0 Å². The van der Waals surface area contributed by atoms with Gasteiger partial charge in [-0.2, -0.15) is 0 Å². The maximum atomic E-state index is 6.00. The lowest BCUT2D eigenvalue weighted by atomic mass is 10.2. The Kier molecular flexibility index (Phi) is 5.51. The number of nitrogens with one attached hydrogen (secondary N) is 1. The molecule has 0 saturated heterocycles. The second kappa shape index (κ2) is 6.41. The van der Waals surface area contributed by atoms with Crippen LogP contribution >= 0.6 is 23.4 Å². The molecule has 0 bridgehead atoms. The molecule has 0 saturated carbocycles. The van der Waals surface area contributed by atoms with Gasteiger partial charge < -0.3 is 5.32 Å². The molecule has 3 heteroatoms. The van der Waals surface area contributed by atoms with Gasteiger partial charge in [0.2, 0.25) is 0 Å². The first-order valence-electron chi connectivity index (χ1n) is 5.29. The smallest absolute Gasteiger partial charge is 0.0410 e. The summed E-state index contributed by atoms with van der Waals surface area (Å²) in [5.41, 5.74) is 1.29. The zero-order valence-electron chi connectivity index (χ0n) is 9.51. The number of benzene rings is 1. The Labute approximate surface area is 102 Å². The lowest BCUT2D eigenvalue weighted by Gasteiger charge is -2.12. The summed E-state index contributed by atoms with van der Waals surface area (Å²) < 4.78 is 0. The molecule has 0 aliphatic heterocycles. The van der Waals surface area contributed by atoms with E-state index in [2.05, 4.69) is 38.2 Å². The largest absolute Gasteiger partial charge is 0.313 e. The Morgan fingerprint density at radius 3 is 2.73 bits per heavy atom. The summed E-state index contributed by atoms with van der Waals surface area (Å²) in [5, 5.41) is 4.75. The highest BCUT2D eigenvalue weighted by atomic mass is 35.5. The van der Waals surface area contributed by atoms with E-state index >= 15 is 0 Å². The highest BCUT2D eigenvalue weighted by Crippen LogP contribution is 2.28. The van der Waals surface area contributed by atoms with E-state index in [-0.39, 0.29) is 0 Å². The van der Waals surface area contributed by atoms with Crippen LogP contribution in [0.5, 0.6) is 0 Å². The minimum Gasteiger partial charge on any atom is -0.313 e. The summed E-state index contributed by atoms with van der Waals surface area (Å²) in [5.74, 6) is 0. The highest BCUT2D eigenvalue weighted by Gasteiger charge is 2.05. The van der Waals surface area contributed by atoms with E-state index in [1.807, 2.05) is 17.8 Å². The van der Waals surface area contributed by atoms with Gasteiger partial charge in [-0.05, 0) is 30.3 Å². The number of rotatable bonds is 5. The maximum absolute atomic E-state index is 6.00. The Morgan fingerprint density at radius 1 is 1.40 bits per heavy atom. The molecule has 0 aliphatic carbocycles. The summed E-state index contributed by atoms with van der Waals surface area (Å²) in [7, 11) is 0. The Morgan fingerprint density at radius 2 is 2.13 bits per heavy atom. The van der Waals surface area contributed by atoms with Gasteiger partial charge in [-0.3, -0.25) is 0 Å². The minimum atomic E-state index is 0.603. The van der Waals surface area contributed by atoms with Crippen molar-refractivity contribution < 1.29 is 0 Å². The van der Waals surface area contributed by atoms with Crippen molar-refractivity contribution in [2.24, 2.45) is 0 Å². The molecule has 1 nitrogen and oxygen atoms in total. The third-order valence-electron chi connectivity index (χ3n) is 1.95. The molecule has 0 amide bonds. The van der Waals surface area contributed by atoms with Crippen LogP contribution < -0.4 is 5.32 Å². The van der Waals surface area contributed by atoms with Crippen LogP contribution in [0.4, 0.5) is 0 Å². The second-order valence-electron chi connectivity index (χ2n) is 3.70. The van der Waals surface area contributed by atoms with Crippen molar-refractivity contribution in [2.45, 2.75) is 37.5 Å². The molecule has 0 spiro atoms. The van der Waals surface area contributed by atoms with Gasteiger partial charge in [0, 0.05) is 21.7 Å². The van der Waals surface area contributed by atoms with Crippen LogP contribution in [0.25, 0.3) is 0 Å². The van der Waals surface area contributed by atoms with E-state index in [0.717, 1.165) is 18.1 Å². The molecule has 1 rings (SSSR count). The van der Waals surface area contributed by atoms with Gasteiger partial charge in [0.05, 0.1) is 0 Å². The van der Waals surface area contributed by atoms with Crippen LogP contribution in [-0.4, -0.2) is 11.8 Å². The maximum Gasteiger partial charge on any atom is 0.0410 e. The fraction of sp³-hybridized carbons (Fsp3) is 0.500. The molecule has 84 valence electrons. The Hall–Kier alpha value is -0.180. The van der Waals surface area contributed by atoms with Crippen molar-refractivity contribution in [3.63, 3.8) is 0 Å². The summed E-state index contributed by atoms with van der Waals surface area (Å²) in [4.78, 5) is 1.33. The number of hydrogen-bond acceptors (Lipinski definition) is 2. The molecule has 0 unspecified atom stereocenters. The molecule has 0 atom stereocenters. The standard InChI is InChI=1S/C12H18ClNS/c1-4-14-8-10-7-11(13)5-6-12(10)15-9(2)3/h5-7,9,14H,4,8H2,1-3H3. The lowest BCUT2D eigenvalue weighted by Crippen LogP contribution is -2.12. The van der Waals surface area contributed by atoms with Gasteiger partial charge in [-0.15, -0.1) is 11.8 Å². The molecule has 0 heterocycles. The summed E-state index contributed by atoms with van der Waals surface area (Å²) in [6.45, 7) is 8.40. The predicted octanol–water partition coefficient (Wildman–Crippen LogP) is 3.95. The van der Waals surface area contributed by atoms with Crippen LogP contribution in [0.2, 0.25) is 5.02 Å². The van der Waals surface area contributed by atoms with Crippen molar-refractivity contribution in [2.75, 3.05) is 6.54 Å². The molecule has 0 aromatic heterocycles. The van der Waals surface area contributed by atoms with Crippen LogP contribution in [0.3, 0.4) is 0 Å². The first-order valence-corrected chi connectivity index (χ1v) is 6.55. The fourth-order valence-electron chi connectivity index (χ4n) is 1.31. The first-order chi connectivity index (χ1) is 7.13. The lowest BCUT2D eigenvalue weighted by molar-refractivity contribution is 0.718. The first kappa shape index (κ1) is 12.9. The number of hydrogen-bond donors (Lipinski definition) is 1. The van der Waals surface area contributed by atoms with Crippen molar-refractivity contribution >= 4 is 23.4 Å². The summed E-state index contributed by atoms with van der Waals surface area (Å²) >= 11 is 7.88. The zero-order chi connectivity index (χ0) is 11.3. The molecular weight excluding hydrogens is 226 g/mol. The quantitative estimate of drug-likeness (QED) is 0.786. The molecule has 1 aromatic carbocycles. The van der Waals surface area contributed by atoms with E-state index in [1.165, 1.54) is 10.5 Å². The third-order valence-corrected chi connectivity index (χ3v) is 3.31. The van der Waals surface area contributed by atoms with E-state index < -0.39 is 0 Å². The Bertz CT molecular complexity index is 312. The molecule has 0 radical (unpaired) electrons. The molecule has 1 N–H and O–H groups in total. The summed E-state index contributed by atoms with van der Waals surface area (Å²) in [6.07, 6.45) is 0. The van der Waals surface area contributed by atoms with E-state index in [0.29, 0.717) is 5.25 Å². The normalized spacial score (nSPS) is 11.0. The molecule has 1 aromatic rings. The second-order valence-corrected chi connectivity index (χ2v) is 5.75. The monoisotopic (exact) mass is 243 g/mol. The SMILES string of the molecule is CCNCc1cc(Cl)ccc1SC(C)C. The van der Waals surface area contributed by atoms with Crippen LogP contribution in [0, 0.1) is 0 Å². The van der Waals surface area contributed by atoms with Crippen molar-refractivity contribution in [1.82, 2.24) is 5.32 Å². The molecule has 15 heavy (non-hydrogen) atoms. The van der Waals surface area contributed by atoms with Gasteiger partial charge in [0.15, 0.2) is 0 Å². The van der Waals surface area contributed by atoms with E-state index in [1.54, 1.807) is 0 Å². The van der Waals surface area contributed by atoms with Crippen molar-refractivity contribution in [3.05, 3.63) is 28.8 Å². The van der Waals surface area contributed by atoms with Crippen LogP contribution in [0.1, 0.15) is 26.3 Å². The minimum absolute atomic E-state index is 0.603. The Balaban J connectivity index is 2.82. The average molecular weight is 244 g/mol. The summed E-state index contributed by atoms with van der Waals surface area (Å²) in [6, 6.07) is 6.12. The number of halogens is 1. The van der Waals surface area contributed by atoms with Crippen molar-refractivity contribution in [3.8, 4) is 0 Å². The fourth-order valence-corrected chi connectivity index (χ4v) is 2.45. The molecular formula is C12H18ClNS. The van der Waals surface area contributed by atoms with Gasteiger partial charge in [-0.25, -0.2) is 0 Å². The molecule has 0 aliphatic rings. The van der Waals surface area contributed by atoms with Crippen molar-refractivity contribution in [1.29, 1.82) is 0 Å². The van der Waals surface area contributed by atoms with Gasteiger partial charge >= 0.3 is 0 Å². The predicted molar refractivity (Wildman–Crippen MR) is 69.8 cm³/mol.